The number of aromatic nitrogens is 4. The molecule has 0 amide bonds. The average Bonchev–Trinajstić information content (AvgIpc) is 3.22. The summed E-state index contributed by atoms with van der Waals surface area (Å²) in [6.07, 6.45) is 1.94. The maximum Gasteiger partial charge on any atom is 0.269 e. The highest BCUT2D eigenvalue weighted by molar-refractivity contribution is 5.59. The van der Waals surface area contributed by atoms with Gasteiger partial charge in [-0.25, -0.2) is 4.68 Å². The summed E-state index contributed by atoms with van der Waals surface area (Å²) in [5.74, 6) is 1.29. The molecule has 1 saturated heterocycles. The fourth-order valence-electron chi connectivity index (χ4n) is 3.51. The van der Waals surface area contributed by atoms with Gasteiger partial charge in [0.2, 0.25) is 0 Å². The van der Waals surface area contributed by atoms with Gasteiger partial charge in [0.15, 0.2) is 0 Å². The molecular formula is C19H23N5O4. The molecular weight excluding hydrogens is 362 g/mol. The first kappa shape index (κ1) is 18.4. The molecule has 3 aromatic heterocycles. The molecule has 0 spiro atoms. The number of aryl methyl sites for hydroxylation is 2. The molecule has 2 atom stereocenters. The first-order valence-electron chi connectivity index (χ1n) is 9.27. The Labute approximate surface area is 161 Å². The number of hydrogen-bond acceptors (Lipinski definition) is 8. The molecule has 0 bridgehead atoms. The summed E-state index contributed by atoms with van der Waals surface area (Å²) in [5.41, 5.74) is 2.50. The van der Waals surface area contributed by atoms with Gasteiger partial charge in [0.25, 0.3) is 5.56 Å². The topological polar surface area (TPSA) is 99.4 Å². The van der Waals surface area contributed by atoms with Gasteiger partial charge in [0.05, 0.1) is 30.6 Å². The largest absolute Gasteiger partial charge is 0.372 e. The van der Waals surface area contributed by atoms with Crippen LogP contribution in [0.15, 0.2) is 32.2 Å². The van der Waals surface area contributed by atoms with Crippen molar-refractivity contribution in [2.24, 2.45) is 0 Å². The second kappa shape index (κ2) is 7.23. The minimum absolute atomic E-state index is 0.110. The lowest BCUT2D eigenvalue weighted by molar-refractivity contribution is -0.00525. The highest BCUT2D eigenvalue weighted by atomic mass is 16.5. The van der Waals surface area contributed by atoms with Crippen molar-refractivity contribution in [2.45, 2.75) is 46.4 Å². The fraction of sp³-hybridized carbons (Fsp3) is 0.474. The van der Waals surface area contributed by atoms with E-state index in [1.807, 2.05) is 13.8 Å². The van der Waals surface area contributed by atoms with Crippen LogP contribution in [0, 0.1) is 13.8 Å². The molecule has 3 aromatic rings. The maximum absolute atomic E-state index is 12.7. The summed E-state index contributed by atoms with van der Waals surface area (Å²) >= 11 is 0. The Morgan fingerprint density at radius 2 is 1.86 bits per heavy atom. The van der Waals surface area contributed by atoms with E-state index in [9.17, 15) is 4.79 Å². The van der Waals surface area contributed by atoms with Gasteiger partial charge in [-0.05, 0) is 27.7 Å². The predicted molar refractivity (Wildman–Crippen MR) is 101 cm³/mol. The maximum atomic E-state index is 12.7. The minimum Gasteiger partial charge on any atom is -0.372 e. The van der Waals surface area contributed by atoms with Crippen molar-refractivity contribution in [3.8, 4) is 11.4 Å². The standard InChI is InChI=1S/C19H23N5O4/c1-11-5-17(21-27-11)19-16(14(4)28-22-19)10-24-18(25)6-15(7-20-24)23-8-12(2)26-13(3)9-23/h5-7,12-13H,8-10H2,1-4H3. The molecule has 28 heavy (non-hydrogen) atoms. The smallest absolute Gasteiger partial charge is 0.269 e. The van der Waals surface area contributed by atoms with Gasteiger partial charge in [-0.15, -0.1) is 0 Å². The molecule has 4 heterocycles. The van der Waals surface area contributed by atoms with E-state index in [1.165, 1.54) is 4.68 Å². The van der Waals surface area contributed by atoms with E-state index < -0.39 is 0 Å². The van der Waals surface area contributed by atoms with Gasteiger partial charge in [-0.3, -0.25) is 4.79 Å². The Hall–Kier alpha value is -2.94. The van der Waals surface area contributed by atoms with E-state index in [1.54, 1.807) is 32.2 Å². The van der Waals surface area contributed by atoms with Crippen LogP contribution in [0.4, 0.5) is 5.69 Å². The first-order valence-corrected chi connectivity index (χ1v) is 9.27. The van der Waals surface area contributed by atoms with E-state index in [0.29, 0.717) is 22.9 Å². The highest BCUT2D eigenvalue weighted by Gasteiger charge is 2.24. The van der Waals surface area contributed by atoms with Crippen molar-refractivity contribution >= 4 is 5.69 Å². The van der Waals surface area contributed by atoms with Gasteiger partial charge in [-0.2, -0.15) is 5.10 Å². The quantitative estimate of drug-likeness (QED) is 0.674. The normalized spacial score (nSPS) is 19.9. The molecule has 4 rings (SSSR count). The molecule has 9 heteroatoms. The minimum atomic E-state index is -0.188. The molecule has 148 valence electrons. The zero-order chi connectivity index (χ0) is 19.8. The summed E-state index contributed by atoms with van der Waals surface area (Å²) < 4.78 is 17.6. The summed E-state index contributed by atoms with van der Waals surface area (Å²) in [6.45, 7) is 9.37. The lowest BCUT2D eigenvalue weighted by atomic mass is 10.1. The van der Waals surface area contributed by atoms with Crippen molar-refractivity contribution in [1.82, 2.24) is 20.1 Å². The zero-order valence-electron chi connectivity index (χ0n) is 16.4. The Balaban J connectivity index is 1.60. The molecule has 0 N–H and O–H groups in total. The predicted octanol–water partition coefficient (Wildman–Crippen LogP) is 2.17. The Bertz CT molecular complexity index is 1030. The summed E-state index contributed by atoms with van der Waals surface area (Å²) in [5, 5.41) is 12.4. The lowest BCUT2D eigenvalue weighted by Crippen LogP contribution is -2.46. The number of hydrogen-bond donors (Lipinski definition) is 0. The van der Waals surface area contributed by atoms with Crippen molar-refractivity contribution < 1.29 is 13.8 Å². The molecule has 2 unspecified atom stereocenters. The van der Waals surface area contributed by atoms with Gasteiger partial charge >= 0.3 is 0 Å². The second-order valence-electron chi connectivity index (χ2n) is 7.26. The lowest BCUT2D eigenvalue weighted by Gasteiger charge is -2.36. The summed E-state index contributed by atoms with van der Waals surface area (Å²) in [7, 11) is 0. The number of morpholine rings is 1. The Kier molecular flexibility index (Phi) is 4.76. The molecule has 1 fully saturated rings. The third kappa shape index (κ3) is 3.57. The van der Waals surface area contributed by atoms with E-state index >= 15 is 0 Å². The number of rotatable bonds is 4. The van der Waals surface area contributed by atoms with Crippen molar-refractivity contribution in [1.29, 1.82) is 0 Å². The Morgan fingerprint density at radius 1 is 1.11 bits per heavy atom. The van der Waals surface area contributed by atoms with Crippen LogP contribution in [0.5, 0.6) is 0 Å². The van der Waals surface area contributed by atoms with Gasteiger partial charge < -0.3 is 18.7 Å². The van der Waals surface area contributed by atoms with Crippen LogP contribution in [-0.4, -0.2) is 45.4 Å². The van der Waals surface area contributed by atoms with Crippen molar-refractivity contribution in [3.05, 3.63) is 45.8 Å². The summed E-state index contributed by atoms with van der Waals surface area (Å²) in [6, 6.07) is 3.39. The van der Waals surface area contributed by atoms with Crippen LogP contribution >= 0.6 is 0 Å². The summed E-state index contributed by atoms with van der Waals surface area (Å²) in [4.78, 5) is 14.8. The molecule has 0 aromatic carbocycles. The van der Waals surface area contributed by atoms with Crippen LogP contribution in [0.2, 0.25) is 0 Å². The van der Waals surface area contributed by atoms with Crippen LogP contribution in [-0.2, 0) is 11.3 Å². The zero-order valence-corrected chi connectivity index (χ0v) is 16.4. The third-order valence-corrected chi connectivity index (χ3v) is 4.80. The highest BCUT2D eigenvalue weighted by Crippen LogP contribution is 2.25. The third-order valence-electron chi connectivity index (χ3n) is 4.80. The van der Waals surface area contributed by atoms with Crippen molar-refractivity contribution in [2.75, 3.05) is 18.0 Å². The van der Waals surface area contributed by atoms with E-state index in [0.717, 1.165) is 24.3 Å². The molecule has 1 aliphatic heterocycles. The SMILES string of the molecule is Cc1cc(-c2noc(C)c2Cn2ncc(N3CC(C)OC(C)C3)cc2=O)no1. The average molecular weight is 385 g/mol. The van der Waals surface area contributed by atoms with Gasteiger partial charge in [0, 0.05) is 30.8 Å². The fourth-order valence-corrected chi connectivity index (χ4v) is 3.51. The Morgan fingerprint density at radius 3 is 2.50 bits per heavy atom. The number of nitrogens with zero attached hydrogens (tertiary/aromatic N) is 5. The molecule has 9 nitrogen and oxygen atoms in total. The van der Waals surface area contributed by atoms with Gasteiger partial charge in [-0.1, -0.05) is 10.3 Å². The number of ether oxygens (including phenoxy) is 1. The van der Waals surface area contributed by atoms with E-state index in [-0.39, 0.29) is 24.3 Å². The number of anilines is 1. The van der Waals surface area contributed by atoms with E-state index in [4.69, 9.17) is 13.8 Å². The monoisotopic (exact) mass is 385 g/mol. The van der Waals surface area contributed by atoms with E-state index in [2.05, 4.69) is 20.3 Å². The molecule has 0 saturated carbocycles. The van der Waals surface area contributed by atoms with Crippen LogP contribution in [0.1, 0.15) is 30.9 Å². The molecule has 1 aliphatic rings. The molecule has 0 aliphatic carbocycles. The van der Waals surface area contributed by atoms with Crippen LogP contribution < -0.4 is 10.5 Å². The van der Waals surface area contributed by atoms with Crippen LogP contribution in [0.3, 0.4) is 0 Å². The first-order chi connectivity index (χ1) is 13.4. The van der Waals surface area contributed by atoms with Crippen LogP contribution in [0.25, 0.3) is 11.4 Å². The van der Waals surface area contributed by atoms with Crippen molar-refractivity contribution in [3.63, 3.8) is 0 Å². The molecule has 0 radical (unpaired) electrons. The second-order valence-corrected chi connectivity index (χ2v) is 7.26. The van der Waals surface area contributed by atoms with Gasteiger partial charge in [0.1, 0.15) is 22.9 Å².